The van der Waals surface area contributed by atoms with Crippen LogP contribution in [0, 0.1) is 6.92 Å². The topological polar surface area (TPSA) is 90.4 Å². The second-order valence-corrected chi connectivity index (χ2v) is 3.83. The van der Waals surface area contributed by atoms with E-state index in [9.17, 15) is 14.4 Å². The summed E-state index contributed by atoms with van der Waals surface area (Å²) in [5.41, 5.74) is -0.651. The highest BCUT2D eigenvalue weighted by molar-refractivity contribution is 5.77. The second-order valence-electron chi connectivity index (χ2n) is 3.83. The molecule has 7 nitrogen and oxygen atoms in total. The van der Waals surface area contributed by atoms with Crippen molar-refractivity contribution < 1.29 is 14.3 Å². The molecule has 1 N–H and O–H groups in total. The van der Waals surface area contributed by atoms with Crippen molar-refractivity contribution in [1.82, 2.24) is 9.55 Å². The van der Waals surface area contributed by atoms with Crippen LogP contribution in [-0.2, 0) is 14.3 Å². The van der Waals surface area contributed by atoms with Gasteiger partial charge in [-0.25, -0.2) is 9.59 Å². The van der Waals surface area contributed by atoms with Crippen LogP contribution in [0.1, 0.15) is 11.8 Å². The Morgan fingerprint density at radius 3 is 2.83 bits per heavy atom. The number of carbonyl (C=O) groups excluding carboxylic acids is 1. The molecule has 96 valence electrons. The molecule has 2 rings (SSSR count). The van der Waals surface area contributed by atoms with E-state index in [1.54, 1.807) is 13.0 Å². The Kier molecular flexibility index (Phi) is 3.15. The van der Waals surface area contributed by atoms with Gasteiger partial charge in [-0.2, -0.15) is 0 Å². The van der Waals surface area contributed by atoms with Gasteiger partial charge in [-0.05, 0) is 19.1 Å². The van der Waals surface area contributed by atoms with Crippen molar-refractivity contribution >= 4 is 5.97 Å². The number of nitrogens with one attached hydrogen (secondary N) is 1. The molecule has 2 atom stereocenters. The molecule has 1 aromatic heterocycles. The molecule has 0 bridgehead atoms. The number of aryl methyl sites for hydroxylation is 1. The van der Waals surface area contributed by atoms with Crippen LogP contribution in [0.25, 0.3) is 0 Å². The normalized spacial score (nSPS) is 22.1. The van der Waals surface area contributed by atoms with Gasteiger partial charge in [0.25, 0.3) is 5.56 Å². The van der Waals surface area contributed by atoms with E-state index in [2.05, 4.69) is 9.72 Å². The Bertz CT molecular complexity index is 613. The lowest BCUT2D eigenvalue weighted by molar-refractivity contribution is -0.153. The maximum atomic E-state index is 11.6. The molecule has 0 saturated carbocycles. The number of methoxy groups -OCH3 is 1. The van der Waals surface area contributed by atoms with Crippen LogP contribution in [0.2, 0.25) is 0 Å². The van der Waals surface area contributed by atoms with Crippen LogP contribution in [0.5, 0.6) is 0 Å². The van der Waals surface area contributed by atoms with Crippen LogP contribution < -0.4 is 11.2 Å². The van der Waals surface area contributed by atoms with Crippen LogP contribution in [0.4, 0.5) is 0 Å². The van der Waals surface area contributed by atoms with Crippen molar-refractivity contribution in [2.24, 2.45) is 0 Å². The number of hydrogen-bond donors (Lipinski definition) is 1. The molecule has 0 saturated heterocycles. The molecular formula is C11H12N2O5. The zero-order valence-corrected chi connectivity index (χ0v) is 9.88. The maximum Gasteiger partial charge on any atom is 0.339 e. The first-order valence-electron chi connectivity index (χ1n) is 5.26. The summed E-state index contributed by atoms with van der Waals surface area (Å²) < 4.78 is 11.1. The lowest BCUT2D eigenvalue weighted by Crippen LogP contribution is -2.34. The summed E-state index contributed by atoms with van der Waals surface area (Å²) in [7, 11) is 1.25. The van der Waals surface area contributed by atoms with Gasteiger partial charge in [-0.3, -0.25) is 14.3 Å². The second kappa shape index (κ2) is 4.61. The van der Waals surface area contributed by atoms with Gasteiger partial charge in [0.05, 0.1) is 7.11 Å². The van der Waals surface area contributed by atoms with E-state index in [0.29, 0.717) is 5.56 Å². The minimum absolute atomic E-state index is 0.383. The summed E-state index contributed by atoms with van der Waals surface area (Å²) in [6.45, 7) is 1.57. The van der Waals surface area contributed by atoms with Crippen molar-refractivity contribution in [3.05, 3.63) is 44.8 Å². The van der Waals surface area contributed by atoms with Crippen molar-refractivity contribution in [2.75, 3.05) is 7.11 Å². The highest BCUT2D eigenvalue weighted by Crippen LogP contribution is 2.20. The third kappa shape index (κ3) is 2.12. The Labute approximate surface area is 102 Å². The van der Waals surface area contributed by atoms with E-state index in [0.717, 1.165) is 0 Å². The molecule has 18 heavy (non-hydrogen) atoms. The summed E-state index contributed by atoms with van der Waals surface area (Å²) in [4.78, 5) is 36.2. The van der Waals surface area contributed by atoms with Gasteiger partial charge in [-0.1, -0.05) is 0 Å². The molecule has 1 aromatic rings. The Morgan fingerprint density at radius 1 is 1.44 bits per heavy atom. The first-order valence-corrected chi connectivity index (χ1v) is 5.26. The molecular weight excluding hydrogens is 240 g/mol. The fourth-order valence-corrected chi connectivity index (χ4v) is 1.62. The van der Waals surface area contributed by atoms with Gasteiger partial charge < -0.3 is 9.47 Å². The lowest BCUT2D eigenvalue weighted by atomic mass is 10.3. The molecule has 0 fully saturated rings. The van der Waals surface area contributed by atoms with Crippen molar-refractivity contribution in [3.63, 3.8) is 0 Å². The lowest BCUT2D eigenvalue weighted by Gasteiger charge is -2.14. The van der Waals surface area contributed by atoms with Crippen LogP contribution in [0.15, 0.2) is 27.9 Å². The average Bonchev–Trinajstić information content (AvgIpc) is 2.82. The minimum Gasteiger partial charge on any atom is -0.467 e. The molecule has 0 aliphatic carbocycles. The minimum atomic E-state index is -0.834. The standard InChI is InChI=1S/C11H12N2O5/c1-6-5-13(11(16)12-9(6)14)8-4-3-7(18-8)10(15)17-2/h3-5,7-8H,1-2H3,(H,12,14,16)/t7-,8+/m0/s1. The van der Waals surface area contributed by atoms with Crippen molar-refractivity contribution in [1.29, 1.82) is 0 Å². The van der Waals surface area contributed by atoms with Crippen molar-refractivity contribution in [3.8, 4) is 0 Å². The van der Waals surface area contributed by atoms with E-state index in [4.69, 9.17) is 4.74 Å². The summed E-state index contributed by atoms with van der Waals surface area (Å²) in [6, 6.07) is 0. The zero-order chi connectivity index (χ0) is 13.3. The first kappa shape index (κ1) is 12.3. The highest BCUT2D eigenvalue weighted by atomic mass is 16.6. The van der Waals surface area contributed by atoms with Crippen LogP contribution >= 0.6 is 0 Å². The van der Waals surface area contributed by atoms with Crippen LogP contribution in [0.3, 0.4) is 0 Å². The van der Waals surface area contributed by atoms with Gasteiger partial charge in [0.1, 0.15) is 0 Å². The number of nitrogens with zero attached hydrogens (tertiary/aromatic N) is 1. The van der Waals surface area contributed by atoms with E-state index >= 15 is 0 Å². The summed E-state index contributed by atoms with van der Waals surface area (Å²) in [5.74, 6) is -0.539. The van der Waals surface area contributed by atoms with Gasteiger partial charge >= 0.3 is 11.7 Å². The monoisotopic (exact) mass is 252 g/mol. The van der Waals surface area contributed by atoms with Crippen LogP contribution in [-0.4, -0.2) is 28.7 Å². The summed E-state index contributed by atoms with van der Waals surface area (Å²) >= 11 is 0. The van der Waals surface area contributed by atoms with Crippen molar-refractivity contribution in [2.45, 2.75) is 19.3 Å². The number of esters is 1. The zero-order valence-electron chi connectivity index (χ0n) is 9.88. The summed E-state index contributed by atoms with van der Waals surface area (Å²) in [5, 5.41) is 0. The molecule has 0 radical (unpaired) electrons. The number of ether oxygens (including phenoxy) is 2. The quantitative estimate of drug-likeness (QED) is 0.564. The van der Waals surface area contributed by atoms with Gasteiger partial charge in [-0.15, -0.1) is 0 Å². The van der Waals surface area contributed by atoms with Gasteiger partial charge in [0.2, 0.25) is 0 Å². The number of hydrogen-bond acceptors (Lipinski definition) is 5. The largest absolute Gasteiger partial charge is 0.467 e. The summed E-state index contributed by atoms with van der Waals surface area (Å²) in [6.07, 6.45) is 2.89. The number of carbonyl (C=O) groups is 1. The third-order valence-electron chi connectivity index (χ3n) is 2.59. The van der Waals surface area contributed by atoms with Gasteiger partial charge in [0, 0.05) is 11.8 Å². The fourth-order valence-electron chi connectivity index (χ4n) is 1.62. The molecule has 0 unspecified atom stereocenters. The fraction of sp³-hybridized carbons (Fsp3) is 0.364. The molecule has 0 spiro atoms. The van der Waals surface area contributed by atoms with E-state index < -0.39 is 29.6 Å². The smallest absolute Gasteiger partial charge is 0.339 e. The maximum absolute atomic E-state index is 11.6. The number of aromatic nitrogens is 2. The van der Waals surface area contributed by atoms with E-state index in [-0.39, 0.29) is 0 Å². The molecule has 0 amide bonds. The Morgan fingerprint density at radius 2 is 2.17 bits per heavy atom. The predicted molar refractivity (Wildman–Crippen MR) is 61.1 cm³/mol. The predicted octanol–water partition coefficient (Wildman–Crippen LogP) is -0.528. The van der Waals surface area contributed by atoms with E-state index in [1.165, 1.54) is 23.9 Å². The molecule has 0 aromatic carbocycles. The highest BCUT2D eigenvalue weighted by Gasteiger charge is 2.27. The molecule has 7 heteroatoms. The molecule has 1 aliphatic rings. The Hall–Kier alpha value is -2.15. The first-order chi connectivity index (χ1) is 8.52. The van der Waals surface area contributed by atoms with E-state index in [1.807, 2.05) is 0 Å². The average molecular weight is 252 g/mol. The Balaban J connectivity index is 2.28. The number of aromatic amines is 1. The third-order valence-corrected chi connectivity index (χ3v) is 2.59. The number of H-pyrrole nitrogens is 1. The number of rotatable bonds is 2. The SMILES string of the molecule is COC(=O)[C@@H]1C=C[C@H](n2cc(C)c(=O)[nH]c2=O)O1. The van der Waals surface area contributed by atoms with Gasteiger partial charge in [0.15, 0.2) is 12.3 Å². The molecule has 1 aliphatic heterocycles. The molecule has 2 heterocycles.